The number of aliphatic hydroxyl groups is 1. The van der Waals surface area contributed by atoms with E-state index in [1.165, 1.54) is 0 Å². The second kappa shape index (κ2) is 5.55. The van der Waals surface area contributed by atoms with E-state index in [2.05, 4.69) is 0 Å². The highest BCUT2D eigenvalue weighted by atomic mass is 32.2. The van der Waals surface area contributed by atoms with E-state index in [1.54, 1.807) is 0 Å². The highest BCUT2D eigenvalue weighted by Crippen LogP contribution is 2.20. The normalized spacial score (nSPS) is 13.6. The first-order valence-electron chi connectivity index (χ1n) is 5.10. The third-order valence-electron chi connectivity index (χ3n) is 2.26. The second-order valence-corrected chi connectivity index (χ2v) is 6.25. The molecule has 1 N–H and O–H groups in total. The van der Waals surface area contributed by atoms with E-state index in [4.69, 9.17) is 0 Å². The van der Waals surface area contributed by atoms with Gasteiger partial charge in [0.05, 0.1) is 6.10 Å². The number of benzene rings is 1. The molecule has 0 aromatic heterocycles. The van der Waals surface area contributed by atoms with Crippen LogP contribution in [0.4, 0.5) is 8.78 Å². The fourth-order valence-electron chi connectivity index (χ4n) is 1.47. The molecule has 1 aromatic carbocycles. The van der Waals surface area contributed by atoms with Crippen molar-refractivity contribution in [3.8, 4) is 0 Å². The van der Waals surface area contributed by atoms with Crippen molar-refractivity contribution in [3.63, 3.8) is 0 Å². The van der Waals surface area contributed by atoms with Crippen LogP contribution >= 0.6 is 0 Å². The Kier molecular flexibility index (Phi) is 4.59. The van der Waals surface area contributed by atoms with Gasteiger partial charge < -0.3 is 5.11 Å². The Hall–Kier alpha value is -1.01. The summed E-state index contributed by atoms with van der Waals surface area (Å²) in [6.45, 7) is 0. The van der Waals surface area contributed by atoms with Crippen LogP contribution in [0.3, 0.4) is 0 Å². The molecular weight excluding hydrogens is 250 g/mol. The Morgan fingerprint density at radius 1 is 1.24 bits per heavy atom. The quantitative estimate of drug-likeness (QED) is 0.882. The summed E-state index contributed by atoms with van der Waals surface area (Å²) in [6.07, 6.45) is 0.442. The molecule has 0 saturated heterocycles. The molecule has 0 aliphatic carbocycles. The van der Waals surface area contributed by atoms with Crippen molar-refractivity contribution in [2.24, 2.45) is 0 Å². The van der Waals surface area contributed by atoms with Gasteiger partial charge in [0.15, 0.2) is 0 Å². The standard InChI is InChI=1S/C11H14F2O3S/c1-17(15,16)4-2-3-11(14)8-5-9(12)7-10(13)6-8/h5-7,11,14H,2-4H2,1H3. The maximum atomic E-state index is 12.9. The average Bonchev–Trinajstić information content (AvgIpc) is 2.13. The Morgan fingerprint density at radius 3 is 2.24 bits per heavy atom. The molecule has 0 heterocycles. The van der Waals surface area contributed by atoms with Crippen molar-refractivity contribution < 1.29 is 22.3 Å². The third kappa shape index (κ3) is 5.23. The van der Waals surface area contributed by atoms with Crippen LogP contribution in [0.1, 0.15) is 24.5 Å². The maximum Gasteiger partial charge on any atom is 0.147 e. The molecule has 0 amide bonds. The summed E-state index contributed by atoms with van der Waals surface area (Å²) >= 11 is 0. The van der Waals surface area contributed by atoms with E-state index in [1.807, 2.05) is 0 Å². The fourth-order valence-corrected chi connectivity index (χ4v) is 2.16. The Bertz CT molecular complexity index is 465. The predicted molar refractivity (Wildman–Crippen MR) is 60.3 cm³/mol. The minimum Gasteiger partial charge on any atom is -0.388 e. The molecule has 0 aliphatic heterocycles. The third-order valence-corrected chi connectivity index (χ3v) is 3.29. The van der Waals surface area contributed by atoms with E-state index in [-0.39, 0.29) is 24.2 Å². The fraction of sp³-hybridized carbons (Fsp3) is 0.455. The highest BCUT2D eigenvalue weighted by molar-refractivity contribution is 7.90. The van der Waals surface area contributed by atoms with Crippen LogP contribution in [0.25, 0.3) is 0 Å². The molecule has 0 saturated carbocycles. The lowest BCUT2D eigenvalue weighted by Gasteiger charge is -2.10. The number of hydrogen-bond donors (Lipinski definition) is 1. The van der Waals surface area contributed by atoms with Gasteiger partial charge >= 0.3 is 0 Å². The molecule has 1 unspecified atom stereocenters. The lowest BCUT2D eigenvalue weighted by Crippen LogP contribution is -2.06. The molecule has 1 rings (SSSR count). The Morgan fingerprint density at radius 2 is 1.76 bits per heavy atom. The predicted octanol–water partition coefficient (Wildman–Crippen LogP) is 1.82. The van der Waals surface area contributed by atoms with Gasteiger partial charge in [-0.05, 0) is 30.5 Å². The number of aliphatic hydroxyl groups excluding tert-OH is 1. The Labute approximate surface area is 99.0 Å². The first-order valence-corrected chi connectivity index (χ1v) is 7.16. The zero-order valence-corrected chi connectivity index (χ0v) is 10.2. The SMILES string of the molecule is CS(=O)(=O)CCCC(O)c1cc(F)cc(F)c1. The maximum absolute atomic E-state index is 12.9. The molecule has 0 bridgehead atoms. The summed E-state index contributed by atoms with van der Waals surface area (Å²) in [6, 6.07) is 2.79. The number of sulfone groups is 1. The van der Waals surface area contributed by atoms with Gasteiger partial charge in [0.2, 0.25) is 0 Å². The summed E-state index contributed by atoms with van der Waals surface area (Å²) in [4.78, 5) is 0. The largest absolute Gasteiger partial charge is 0.388 e. The van der Waals surface area contributed by atoms with E-state index >= 15 is 0 Å². The first kappa shape index (κ1) is 14.1. The smallest absolute Gasteiger partial charge is 0.147 e. The summed E-state index contributed by atoms with van der Waals surface area (Å²) in [7, 11) is -3.08. The molecule has 96 valence electrons. The number of rotatable bonds is 5. The van der Waals surface area contributed by atoms with Crippen LogP contribution in [0.5, 0.6) is 0 Å². The van der Waals surface area contributed by atoms with Crippen molar-refractivity contribution in [1.29, 1.82) is 0 Å². The van der Waals surface area contributed by atoms with Crippen LogP contribution in [-0.2, 0) is 9.84 Å². The van der Waals surface area contributed by atoms with E-state index in [9.17, 15) is 22.3 Å². The van der Waals surface area contributed by atoms with Gasteiger partial charge in [-0.3, -0.25) is 0 Å². The Balaban J connectivity index is 2.61. The topological polar surface area (TPSA) is 54.4 Å². The van der Waals surface area contributed by atoms with Gasteiger partial charge in [-0.25, -0.2) is 17.2 Å². The van der Waals surface area contributed by atoms with Gasteiger partial charge in [0.1, 0.15) is 21.5 Å². The van der Waals surface area contributed by atoms with Gasteiger partial charge in [0, 0.05) is 18.1 Å². The molecule has 1 atom stereocenters. The molecule has 6 heteroatoms. The van der Waals surface area contributed by atoms with Crippen molar-refractivity contribution in [2.45, 2.75) is 18.9 Å². The highest BCUT2D eigenvalue weighted by Gasteiger charge is 2.11. The zero-order chi connectivity index (χ0) is 13.1. The second-order valence-electron chi connectivity index (χ2n) is 3.99. The summed E-state index contributed by atoms with van der Waals surface area (Å²) in [5.41, 5.74) is 0.121. The average molecular weight is 264 g/mol. The van der Waals surface area contributed by atoms with Crippen LogP contribution < -0.4 is 0 Å². The molecule has 1 aromatic rings. The van der Waals surface area contributed by atoms with Crippen molar-refractivity contribution in [2.75, 3.05) is 12.0 Å². The van der Waals surface area contributed by atoms with Crippen molar-refractivity contribution >= 4 is 9.84 Å². The van der Waals surface area contributed by atoms with Crippen LogP contribution in [0.15, 0.2) is 18.2 Å². The van der Waals surface area contributed by atoms with Crippen LogP contribution in [0.2, 0.25) is 0 Å². The van der Waals surface area contributed by atoms with Gasteiger partial charge in [-0.1, -0.05) is 0 Å². The van der Waals surface area contributed by atoms with Gasteiger partial charge in [-0.2, -0.15) is 0 Å². The van der Waals surface area contributed by atoms with Crippen molar-refractivity contribution in [1.82, 2.24) is 0 Å². The molecule has 0 radical (unpaired) electrons. The molecule has 0 spiro atoms. The summed E-state index contributed by atoms with van der Waals surface area (Å²) in [5, 5.41) is 9.64. The number of hydrogen-bond acceptors (Lipinski definition) is 3. The van der Waals surface area contributed by atoms with E-state index in [0.29, 0.717) is 6.07 Å². The number of halogens is 2. The zero-order valence-electron chi connectivity index (χ0n) is 9.36. The monoisotopic (exact) mass is 264 g/mol. The molecular formula is C11H14F2O3S. The van der Waals surface area contributed by atoms with Crippen molar-refractivity contribution in [3.05, 3.63) is 35.4 Å². The minimum atomic E-state index is -3.08. The molecule has 0 aliphatic rings. The molecule has 17 heavy (non-hydrogen) atoms. The molecule has 0 fully saturated rings. The van der Waals surface area contributed by atoms with Crippen LogP contribution in [0, 0.1) is 11.6 Å². The lowest BCUT2D eigenvalue weighted by molar-refractivity contribution is 0.166. The molecule has 3 nitrogen and oxygen atoms in total. The van der Waals surface area contributed by atoms with Gasteiger partial charge in [0.25, 0.3) is 0 Å². The van der Waals surface area contributed by atoms with E-state index < -0.39 is 27.6 Å². The lowest BCUT2D eigenvalue weighted by atomic mass is 10.1. The van der Waals surface area contributed by atoms with Gasteiger partial charge in [-0.15, -0.1) is 0 Å². The minimum absolute atomic E-state index is 0.0537. The summed E-state index contributed by atoms with van der Waals surface area (Å²) in [5.74, 6) is -1.58. The van der Waals surface area contributed by atoms with Crippen LogP contribution in [-0.4, -0.2) is 25.5 Å². The van der Waals surface area contributed by atoms with E-state index in [0.717, 1.165) is 18.4 Å². The first-order chi connectivity index (χ1) is 7.78. The summed E-state index contributed by atoms with van der Waals surface area (Å²) < 4.78 is 47.4.